The number of para-hydroxylation sites is 1. The molecule has 4 aromatic carbocycles. The van der Waals surface area contributed by atoms with Crippen LogP contribution in [0.15, 0.2) is 99.2 Å². The lowest BCUT2D eigenvalue weighted by atomic mass is 10.1. The van der Waals surface area contributed by atoms with Gasteiger partial charge in [0.25, 0.3) is 5.56 Å². The Hall–Kier alpha value is -5.50. The molecule has 0 fully saturated rings. The molecule has 0 bridgehead atoms. The first-order valence-electron chi connectivity index (χ1n) is 12.7. The normalized spacial score (nSPS) is 11.3. The molecule has 210 valence electrons. The van der Waals surface area contributed by atoms with Gasteiger partial charge >= 0.3 is 5.69 Å². The summed E-state index contributed by atoms with van der Waals surface area (Å²) in [6.07, 6.45) is 1.26. The first-order valence-corrected chi connectivity index (χ1v) is 13.4. The Morgan fingerprint density at radius 2 is 1.86 bits per heavy atom. The van der Waals surface area contributed by atoms with Crippen LogP contribution in [0.1, 0.15) is 16.7 Å². The molecule has 0 saturated heterocycles. The molecule has 0 unspecified atom stereocenters. The summed E-state index contributed by atoms with van der Waals surface area (Å²) >= 11 is 12.6. The van der Waals surface area contributed by atoms with Gasteiger partial charge in [0, 0.05) is 27.6 Å². The highest BCUT2D eigenvalue weighted by atomic mass is 35.5. The molecule has 0 atom stereocenters. The molecule has 6 rings (SSSR count). The van der Waals surface area contributed by atoms with Gasteiger partial charge in [0.1, 0.15) is 12.2 Å². The summed E-state index contributed by atoms with van der Waals surface area (Å²) < 4.78 is 12.7. The second kappa shape index (κ2) is 11.4. The van der Waals surface area contributed by atoms with E-state index in [0.29, 0.717) is 38.0 Å². The lowest BCUT2D eigenvalue weighted by molar-refractivity contribution is -0.385. The van der Waals surface area contributed by atoms with Gasteiger partial charge in [-0.3, -0.25) is 14.9 Å². The predicted molar refractivity (Wildman–Crippen MR) is 163 cm³/mol. The Labute approximate surface area is 252 Å². The van der Waals surface area contributed by atoms with Gasteiger partial charge in [-0.2, -0.15) is 15.0 Å². The summed E-state index contributed by atoms with van der Waals surface area (Å²) in [5, 5.41) is 27.1. The van der Waals surface area contributed by atoms with Crippen molar-refractivity contribution in [3.63, 3.8) is 0 Å². The van der Waals surface area contributed by atoms with E-state index in [9.17, 15) is 20.2 Å². The minimum absolute atomic E-state index is 0.0524. The van der Waals surface area contributed by atoms with E-state index in [-0.39, 0.29) is 34.5 Å². The van der Waals surface area contributed by atoms with Crippen LogP contribution in [0.3, 0.4) is 0 Å². The predicted octanol–water partition coefficient (Wildman–Crippen LogP) is 7.36. The maximum atomic E-state index is 13.6. The third-order valence-corrected chi connectivity index (χ3v) is 7.04. The van der Waals surface area contributed by atoms with E-state index in [1.165, 1.54) is 18.3 Å². The Morgan fingerprint density at radius 1 is 1.07 bits per heavy atom. The maximum Gasteiger partial charge on any atom is 0.313 e. The zero-order valence-corrected chi connectivity index (χ0v) is 23.4. The summed E-state index contributed by atoms with van der Waals surface area (Å²) in [7, 11) is 0. The SMILES string of the molecule is N#Cc1ccccc1COc1c(Cl)cc(C=Nn2c(-c3cc4cc(Cl)ccc4o3)nc3ccccc3c2=O)cc1[N+](=O)[O-]. The monoisotopic (exact) mass is 609 g/mol. The van der Waals surface area contributed by atoms with Gasteiger partial charge in [-0.1, -0.05) is 53.5 Å². The quantitative estimate of drug-likeness (QED) is 0.105. The highest BCUT2D eigenvalue weighted by Crippen LogP contribution is 2.37. The standard InChI is InChI=1S/C31H17Cl2N5O5/c32-22-9-10-27-21(13-22)14-28(43-27)30-36-25-8-4-3-7-23(25)31(39)37(30)35-16-18-11-24(33)29(26(12-18)38(40)41)42-17-20-6-2-1-5-19(20)15-34/h1-14,16H,17H2. The minimum atomic E-state index is -0.635. The van der Waals surface area contributed by atoms with E-state index in [1.54, 1.807) is 72.8 Å². The van der Waals surface area contributed by atoms with Crippen molar-refractivity contribution in [2.75, 3.05) is 0 Å². The molecular weight excluding hydrogens is 593 g/mol. The molecule has 0 saturated carbocycles. The number of rotatable bonds is 7. The number of nitriles is 1. The fraction of sp³-hybridized carbons (Fsp3) is 0.0323. The van der Waals surface area contributed by atoms with E-state index in [1.807, 2.05) is 0 Å². The topological polar surface area (TPSA) is 137 Å². The first kappa shape index (κ1) is 27.7. The molecular formula is C31H17Cl2N5O5. The fourth-order valence-electron chi connectivity index (χ4n) is 4.50. The summed E-state index contributed by atoms with van der Waals surface area (Å²) in [5.74, 6) is 0.217. The number of aromatic nitrogens is 2. The van der Waals surface area contributed by atoms with Crippen LogP contribution >= 0.6 is 23.2 Å². The van der Waals surface area contributed by atoms with Crippen molar-refractivity contribution < 1.29 is 14.1 Å². The Morgan fingerprint density at radius 3 is 2.67 bits per heavy atom. The molecule has 0 spiro atoms. The third-order valence-electron chi connectivity index (χ3n) is 6.53. The number of hydrogen-bond donors (Lipinski definition) is 0. The molecule has 0 aliphatic carbocycles. The number of halogens is 2. The van der Waals surface area contributed by atoms with Crippen LogP contribution in [0, 0.1) is 21.4 Å². The average Bonchev–Trinajstić information content (AvgIpc) is 3.43. The molecule has 0 N–H and O–H groups in total. The summed E-state index contributed by atoms with van der Waals surface area (Å²) in [6, 6.07) is 25.0. The molecule has 0 aliphatic rings. The molecule has 6 aromatic rings. The number of nitro benzene ring substituents is 1. The second-order valence-corrected chi connectivity index (χ2v) is 10.1. The van der Waals surface area contributed by atoms with Crippen LogP contribution in [0.5, 0.6) is 5.75 Å². The summed E-state index contributed by atoms with van der Waals surface area (Å²) in [5.41, 5.74) is 1.23. The molecule has 10 nitrogen and oxygen atoms in total. The lowest BCUT2D eigenvalue weighted by Crippen LogP contribution is -2.20. The molecule has 0 amide bonds. The van der Waals surface area contributed by atoms with Crippen LogP contribution in [0.2, 0.25) is 10.0 Å². The zero-order chi connectivity index (χ0) is 30.1. The van der Waals surface area contributed by atoms with Crippen molar-refractivity contribution in [3.8, 4) is 23.4 Å². The summed E-state index contributed by atoms with van der Waals surface area (Å²) in [4.78, 5) is 29.5. The largest absolute Gasteiger partial charge is 0.481 e. The second-order valence-electron chi connectivity index (χ2n) is 9.27. The molecule has 12 heteroatoms. The number of nitrogens with zero attached hydrogens (tertiary/aromatic N) is 5. The van der Waals surface area contributed by atoms with Crippen molar-refractivity contribution in [2.24, 2.45) is 5.10 Å². The minimum Gasteiger partial charge on any atom is -0.481 e. The van der Waals surface area contributed by atoms with Crippen molar-refractivity contribution in [2.45, 2.75) is 6.61 Å². The fourth-order valence-corrected chi connectivity index (χ4v) is 4.95. The van der Waals surface area contributed by atoms with Crippen LogP contribution in [-0.4, -0.2) is 20.8 Å². The van der Waals surface area contributed by atoms with Gasteiger partial charge in [-0.25, -0.2) is 4.98 Å². The molecule has 2 aromatic heterocycles. The van der Waals surface area contributed by atoms with Crippen molar-refractivity contribution in [1.29, 1.82) is 5.26 Å². The number of nitro groups is 1. The number of ether oxygens (including phenoxy) is 1. The maximum absolute atomic E-state index is 13.6. The van der Waals surface area contributed by atoms with Gasteiger partial charge in [0.05, 0.1) is 38.7 Å². The molecule has 0 aliphatic heterocycles. The van der Waals surface area contributed by atoms with Crippen molar-refractivity contribution >= 4 is 57.0 Å². The van der Waals surface area contributed by atoms with E-state index in [4.69, 9.17) is 32.4 Å². The smallest absolute Gasteiger partial charge is 0.313 e. The van der Waals surface area contributed by atoms with Crippen molar-refractivity contribution in [3.05, 3.63) is 132 Å². The zero-order valence-electron chi connectivity index (χ0n) is 21.9. The van der Waals surface area contributed by atoms with Gasteiger partial charge in [-0.05, 0) is 48.5 Å². The van der Waals surface area contributed by atoms with Gasteiger partial charge in [-0.15, -0.1) is 0 Å². The van der Waals surface area contributed by atoms with Gasteiger partial charge in [0.15, 0.2) is 5.76 Å². The van der Waals surface area contributed by atoms with E-state index in [2.05, 4.69) is 16.2 Å². The highest BCUT2D eigenvalue weighted by Gasteiger charge is 2.22. The number of benzene rings is 4. The van der Waals surface area contributed by atoms with Crippen LogP contribution in [-0.2, 0) is 6.61 Å². The average molecular weight is 610 g/mol. The first-order chi connectivity index (χ1) is 20.8. The number of furan rings is 1. The number of fused-ring (bicyclic) bond motifs is 2. The van der Waals surface area contributed by atoms with Gasteiger partial charge < -0.3 is 9.15 Å². The molecule has 0 radical (unpaired) electrons. The van der Waals surface area contributed by atoms with Crippen LogP contribution in [0.25, 0.3) is 33.5 Å². The lowest BCUT2D eigenvalue weighted by Gasteiger charge is -2.11. The van der Waals surface area contributed by atoms with E-state index < -0.39 is 16.2 Å². The molecule has 43 heavy (non-hydrogen) atoms. The van der Waals surface area contributed by atoms with Gasteiger partial charge in [0.2, 0.25) is 11.6 Å². The van der Waals surface area contributed by atoms with E-state index in [0.717, 1.165) is 4.68 Å². The number of hydrogen-bond acceptors (Lipinski definition) is 8. The Balaban J connectivity index is 1.42. The van der Waals surface area contributed by atoms with Crippen LogP contribution in [0.4, 0.5) is 5.69 Å². The van der Waals surface area contributed by atoms with Crippen LogP contribution < -0.4 is 10.3 Å². The Bertz CT molecular complexity index is 2200. The van der Waals surface area contributed by atoms with E-state index >= 15 is 0 Å². The van der Waals surface area contributed by atoms with Crippen molar-refractivity contribution in [1.82, 2.24) is 9.66 Å². The summed E-state index contributed by atoms with van der Waals surface area (Å²) in [6.45, 7) is -0.109. The third kappa shape index (κ3) is 5.42. The molecule has 2 heterocycles. The highest BCUT2D eigenvalue weighted by molar-refractivity contribution is 6.32. The Kier molecular flexibility index (Phi) is 7.34.